The van der Waals surface area contributed by atoms with Gasteiger partial charge in [0.15, 0.2) is 0 Å². The summed E-state index contributed by atoms with van der Waals surface area (Å²) in [6, 6.07) is 0. The van der Waals surface area contributed by atoms with Crippen molar-refractivity contribution in [1.29, 1.82) is 0 Å². The monoisotopic (exact) mass is 174 g/mol. The van der Waals surface area contributed by atoms with E-state index in [4.69, 9.17) is 4.74 Å². The summed E-state index contributed by atoms with van der Waals surface area (Å²) >= 11 is 0.915. The van der Waals surface area contributed by atoms with Gasteiger partial charge in [-0.25, -0.2) is 0 Å². The first-order valence-electron chi connectivity index (χ1n) is 3.35. The Bertz CT molecular complexity index is 266. The lowest BCUT2D eigenvalue weighted by Crippen LogP contribution is -2.04. The molecule has 1 heterocycles. The molecule has 0 fully saturated rings. The summed E-state index contributed by atoms with van der Waals surface area (Å²) < 4.78 is 9.05. The lowest BCUT2D eigenvalue weighted by Gasteiger charge is -2.03. The second kappa shape index (κ2) is 3.64. The Morgan fingerprint density at radius 2 is 2.45 bits per heavy atom. The molecule has 1 N–H and O–H groups in total. The number of rotatable bonds is 3. The van der Waals surface area contributed by atoms with E-state index in [1.807, 2.05) is 13.8 Å². The Kier molecular flexibility index (Phi) is 2.78. The quantitative estimate of drug-likeness (QED) is 0.736. The third-order valence-electron chi connectivity index (χ3n) is 1.04. The number of H-pyrrole nitrogens is 1. The summed E-state index contributed by atoms with van der Waals surface area (Å²) in [6.07, 6.45) is 0.167. The lowest BCUT2D eigenvalue weighted by molar-refractivity contribution is 0.0618. The molecule has 0 atom stereocenters. The van der Waals surface area contributed by atoms with E-state index in [-0.39, 0.29) is 11.0 Å². The van der Waals surface area contributed by atoms with Gasteiger partial charge in [-0.15, -0.1) is 0 Å². The summed E-state index contributed by atoms with van der Waals surface area (Å²) in [5, 5.41) is 0. The maximum Gasteiger partial charge on any atom is 0.323 e. The van der Waals surface area contributed by atoms with Crippen molar-refractivity contribution in [3.05, 3.63) is 15.5 Å². The van der Waals surface area contributed by atoms with Crippen molar-refractivity contribution in [2.45, 2.75) is 26.6 Å². The maximum atomic E-state index is 10.6. The van der Waals surface area contributed by atoms with Crippen LogP contribution in [0.3, 0.4) is 0 Å². The van der Waals surface area contributed by atoms with Crippen LogP contribution in [0.1, 0.15) is 19.7 Å². The van der Waals surface area contributed by atoms with Crippen molar-refractivity contribution in [3.8, 4) is 0 Å². The van der Waals surface area contributed by atoms with Gasteiger partial charge in [0.05, 0.1) is 6.10 Å². The molecule has 0 aliphatic rings. The molecule has 0 aromatic carbocycles. The molecule has 0 saturated carbocycles. The Hall–Kier alpha value is -0.680. The molecular weight excluding hydrogens is 164 g/mol. The van der Waals surface area contributed by atoms with Crippen molar-refractivity contribution in [3.63, 3.8) is 0 Å². The summed E-state index contributed by atoms with van der Waals surface area (Å²) in [5.41, 5.74) is 0. The fourth-order valence-electron chi connectivity index (χ4n) is 0.568. The van der Waals surface area contributed by atoms with E-state index in [0.29, 0.717) is 12.4 Å². The number of aromatic amines is 1. The average Bonchev–Trinajstić information content (AvgIpc) is 2.31. The number of hydrogen-bond acceptors (Lipinski definition) is 4. The first-order valence-corrected chi connectivity index (χ1v) is 4.12. The summed E-state index contributed by atoms with van der Waals surface area (Å²) in [6.45, 7) is 4.26. The van der Waals surface area contributed by atoms with Crippen molar-refractivity contribution < 1.29 is 4.74 Å². The maximum absolute atomic E-state index is 10.6. The van der Waals surface area contributed by atoms with Crippen LogP contribution < -0.4 is 4.87 Å². The van der Waals surface area contributed by atoms with E-state index >= 15 is 0 Å². The summed E-state index contributed by atoms with van der Waals surface area (Å²) in [5.74, 6) is 0.605. The van der Waals surface area contributed by atoms with Crippen LogP contribution in [0.25, 0.3) is 0 Å². The van der Waals surface area contributed by atoms with Gasteiger partial charge in [0.2, 0.25) is 0 Å². The minimum atomic E-state index is -0.132. The highest BCUT2D eigenvalue weighted by Crippen LogP contribution is 1.95. The van der Waals surface area contributed by atoms with E-state index in [1.165, 1.54) is 0 Å². The molecule has 0 bridgehead atoms. The van der Waals surface area contributed by atoms with Gasteiger partial charge in [-0.1, -0.05) is 0 Å². The molecule has 0 radical (unpaired) electrons. The first-order chi connectivity index (χ1) is 5.18. The number of nitrogens with zero attached hydrogens (tertiary/aromatic N) is 1. The molecule has 0 aliphatic heterocycles. The van der Waals surface area contributed by atoms with Crippen LogP contribution >= 0.6 is 11.5 Å². The second-order valence-corrected chi connectivity index (χ2v) is 3.14. The van der Waals surface area contributed by atoms with Gasteiger partial charge in [-0.3, -0.25) is 9.78 Å². The SMILES string of the molecule is CC(C)OCc1nsc(=O)[nH]1. The lowest BCUT2D eigenvalue weighted by atomic mass is 10.5. The minimum Gasteiger partial charge on any atom is -0.371 e. The third-order valence-corrected chi connectivity index (χ3v) is 1.62. The van der Waals surface area contributed by atoms with Crippen molar-refractivity contribution in [1.82, 2.24) is 9.36 Å². The minimum absolute atomic E-state index is 0.132. The number of aromatic nitrogens is 2. The zero-order chi connectivity index (χ0) is 8.27. The van der Waals surface area contributed by atoms with E-state index in [2.05, 4.69) is 9.36 Å². The van der Waals surface area contributed by atoms with Crippen LogP contribution in [0.5, 0.6) is 0 Å². The smallest absolute Gasteiger partial charge is 0.323 e. The molecule has 1 aromatic rings. The van der Waals surface area contributed by atoms with Gasteiger partial charge in [-0.05, 0) is 13.8 Å². The fraction of sp³-hybridized carbons (Fsp3) is 0.667. The predicted molar refractivity (Wildman–Crippen MR) is 42.7 cm³/mol. The number of nitrogens with one attached hydrogen (secondary N) is 1. The van der Waals surface area contributed by atoms with Crippen molar-refractivity contribution in [2.75, 3.05) is 0 Å². The molecule has 0 amide bonds. The normalized spacial score (nSPS) is 10.8. The zero-order valence-corrected chi connectivity index (χ0v) is 7.27. The van der Waals surface area contributed by atoms with Gasteiger partial charge < -0.3 is 4.74 Å². The molecule has 0 spiro atoms. The van der Waals surface area contributed by atoms with E-state index in [9.17, 15) is 4.79 Å². The first kappa shape index (κ1) is 8.42. The molecule has 62 valence electrons. The Balaban J connectivity index is 2.45. The number of ether oxygens (including phenoxy) is 1. The third kappa shape index (κ3) is 2.81. The average molecular weight is 174 g/mol. The Morgan fingerprint density at radius 3 is 2.91 bits per heavy atom. The molecule has 0 aliphatic carbocycles. The van der Waals surface area contributed by atoms with Crippen molar-refractivity contribution >= 4 is 11.5 Å². The van der Waals surface area contributed by atoms with Crippen LogP contribution in [0.15, 0.2) is 4.79 Å². The predicted octanol–water partition coefficient (Wildman–Crippen LogP) is 0.756. The van der Waals surface area contributed by atoms with Crippen LogP contribution in [0.4, 0.5) is 0 Å². The van der Waals surface area contributed by atoms with E-state index in [0.717, 1.165) is 11.5 Å². The highest BCUT2D eigenvalue weighted by atomic mass is 32.1. The standard InChI is InChI=1S/C6H10N2O2S/c1-4(2)10-3-5-7-6(9)11-8-5/h4H,3H2,1-2H3,(H,7,8,9). The summed E-state index contributed by atoms with van der Waals surface area (Å²) in [4.78, 5) is 13.0. The molecular formula is C6H10N2O2S. The molecule has 11 heavy (non-hydrogen) atoms. The molecule has 0 unspecified atom stereocenters. The van der Waals surface area contributed by atoms with Crippen LogP contribution in [0, 0.1) is 0 Å². The molecule has 1 rings (SSSR count). The molecule has 1 aromatic heterocycles. The van der Waals surface area contributed by atoms with E-state index in [1.54, 1.807) is 0 Å². The van der Waals surface area contributed by atoms with E-state index < -0.39 is 0 Å². The van der Waals surface area contributed by atoms with Gasteiger partial charge in [-0.2, -0.15) is 4.37 Å². The largest absolute Gasteiger partial charge is 0.371 e. The van der Waals surface area contributed by atoms with Crippen molar-refractivity contribution in [2.24, 2.45) is 0 Å². The Morgan fingerprint density at radius 1 is 1.73 bits per heavy atom. The van der Waals surface area contributed by atoms with Gasteiger partial charge in [0, 0.05) is 11.5 Å². The van der Waals surface area contributed by atoms with Crippen LogP contribution in [-0.2, 0) is 11.3 Å². The highest BCUT2D eigenvalue weighted by molar-refractivity contribution is 7.02. The topological polar surface area (TPSA) is 55.0 Å². The zero-order valence-electron chi connectivity index (χ0n) is 6.46. The Labute approximate surface area is 68.4 Å². The van der Waals surface area contributed by atoms with Crippen LogP contribution in [0.2, 0.25) is 0 Å². The molecule has 0 saturated heterocycles. The van der Waals surface area contributed by atoms with Crippen LogP contribution in [-0.4, -0.2) is 15.5 Å². The van der Waals surface area contributed by atoms with Gasteiger partial charge in [0.25, 0.3) is 0 Å². The second-order valence-electron chi connectivity index (χ2n) is 2.40. The highest BCUT2D eigenvalue weighted by Gasteiger charge is 1.99. The van der Waals surface area contributed by atoms with Gasteiger partial charge in [0.1, 0.15) is 12.4 Å². The molecule has 4 nitrogen and oxygen atoms in total. The number of hydrogen-bond donors (Lipinski definition) is 1. The fourth-order valence-corrected chi connectivity index (χ4v) is 1.02. The molecule has 5 heteroatoms. The summed E-state index contributed by atoms with van der Waals surface area (Å²) in [7, 11) is 0. The van der Waals surface area contributed by atoms with Gasteiger partial charge >= 0.3 is 4.87 Å².